The van der Waals surface area contributed by atoms with Crippen molar-refractivity contribution in [2.24, 2.45) is 0 Å². The van der Waals surface area contributed by atoms with Crippen molar-refractivity contribution in [1.29, 1.82) is 0 Å². The van der Waals surface area contributed by atoms with Gasteiger partial charge in [0.2, 0.25) is 0 Å². The molecule has 0 aliphatic heterocycles. The van der Waals surface area contributed by atoms with E-state index in [4.69, 9.17) is 4.42 Å². The van der Waals surface area contributed by atoms with E-state index in [9.17, 15) is 14.7 Å². The van der Waals surface area contributed by atoms with E-state index in [1.165, 1.54) is 6.92 Å². The summed E-state index contributed by atoms with van der Waals surface area (Å²) < 4.78 is 5.38. The lowest BCUT2D eigenvalue weighted by Crippen LogP contribution is -2.40. The Labute approximate surface area is 134 Å². The molecule has 3 N–H and O–H groups in total. The van der Waals surface area contributed by atoms with Crippen molar-refractivity contribution < 1.29 is 19.1 Å². The van der Waals surface area contributed by atoms with Gasteiger partial charge in [-0.15, -0.1) is 0 Å². The SMILES string of the molecule is CC(=O)c1cccc(NC(=O)NCC(C)(O)c2ccc(C)o2)c1. The van der Waals surface area contributed by atoms with Crippen LogP contribution in [0.4, 0.5) is 10.5 Å². The Morgan fingerprint density at radius 3 is 2.61 bits per heavy atom. The number of aryl methyl sites for hydroxylation is 1. The molecule has 122 valence electrons. The first-order valence-corrected chi connectivity index (χ1v) is 7.23. The van der Waals surface area contributed by atoms with Crippen molar-refractivity contribution in [3.63, 3.8) is 0 Å². The van der Waals surface area contributed by atoms with E-state index in [1.807, 2.05) is 0 Å². The summed E-state index contributed by atoms with van der Waals surface area (Å²) in [7, 11) is 0. The fourth-order valence-corrected chi connectivity index (χ4v) is 2.05. The van der Waals surface area contributed by atoms with Gasteiger partial charge in [0.1, 0.15) is 17.1 Å². The summed E-state index contributed by atoms with van der Waals surface area (Å²) in [6.07, 6.45) is 0. The Bertz CT molecular complexity index is 719. The number of hydrogen-bond donors (Lipinski definition) is 3. The Morgan fingerprint density at radius 2 is 2.00 bits per heavy atom. The van der Waals surface area contributed by atoms with Gasteiger partial charge in [0.15, 0.2) is 5.78 Å². The smallest absolute Gasteiger partial charge is 0.319 e. The summed E-state index contributed by atoms with van der Waals surface area (Å²) in [5, 5.41) is 15.6. The normalized spacial score (nSPS) is 13.2. The number of nitrogens with one attached hydrogen (secondary N) is 2. The molecule has 0 aliphatic carbocycles. The number of anilines is 1. The monoisotopic (exact) mass is 316 g/mol. The minimum Gasteiger partial charge on any atom is -0.463 e. The average molecular weight is 316 g/mol. The lowest BCUT2D eigenvalue weighted by molar-refractivity contribution is 0.0364. The minimum absolute atomic E-state index is 0.0157. The second-order valence-electron chi connectivity index (χ2n) is 5.63. The first-order valence-electron chi connectivity index (χ1n) is 7.23. The Hall–Kier alpha value is -2.60. The predicted octanol–water partition coefficient (Wildman–Crippen LogP) is 2.82. The van der Waals surface area contributed by atoms with Crippen LogP contribution >= 0.6 is 0 Å². The van der Waals surface area contributed by atoms with E-state index in [0.717, 1.165) is 0 Å². The number of amides is 2. The van der Waals surface area contributed by atoms with Crippen LogP contribution in [0.1, 0.15) is 35.7 Å². The highest BCUT2D eigenvalue weighted by molar-refractivity contribution is 5.96. The molecule has 1 aromatic heterocycles. The molecular weight excluding hydrogens is 296 g/mol. The molecule has 0 saturated carbocycles. The first kappa shape index (κ1) is 16.8. The van der Waals surface area contributed by atoms with Crippen molar-refractivity contribution in [1.82, 2.24) is 5.32 Å². The van der Waals surface area contributed by atoms with E-state index in [1.54, 1.807) is 50.2 Å². The molecule has 1 atom stereocenters. The Morgan fingerprint density at radius 1 is 1.26 bits per heavy atom. The van der Waals surface area contributed by atoms with E-state index < -0.39 is 11.6 Å². The van der Waals surface area contributed by atoms with E-state index in [0.29, 0.717) is 22.8 Å². The average Bonchev–Trinajstić information content (AvgIpc) is 2.93. The number of benzene rings is 1. The van der Waals surface area contributed by atoms with Crippen LogP contribution in [0, 0.1) is 6.92 Å². The van der Waals surface area contributed by atoms with Crippen LogP contribution in [0.2, 0.25) is 0 Å². The molecule has 0 bridgehead atoms. The number of rotatable bonds is 5. The number of Topliss-reactive ketones (excluding diaryl/α,β-unsaturated/α-hetero) is 1. The molecule has 0 aliphatic rings. The Balaban J connectivity index is 1.95. The second kappa shape index (κ2) is 6.66. The third-order valence-corrected chi connectivity index (χ3v) is 3.39. The molecule has 2 amide bonds. The number of hydrogen-bond acceptors (Lipinski definition) is 4. The van der Waals surface area contributed by atoms with Gasteiger partial charge in [0, 0.05) is 11.3 Å². The zero-order valence-corrected chi connectivity index (χ0v) is 13.3. The molecule has 0 radical (unpaired) electrons. The lowest BCUT2D eigenvalue weighted by Gasteiger charge is -2.21. The molecule has 6 nitrogen and oxygen atoms in total. The van der Waals surface area contributed by atoms with Crippen molar-refractivity contribution >= 4 is 17.5 Å². The van der Waals surface area contributed by atoms with Gasteiger partial charge in [0.25, 0.3) is 0 Å². The summed E-state index contributed by atoms with van der Waals surface area (Å²) in [5.74, 6) is 0.991. The van der Waals surface area contributed by atoms with Crippen LogP contribution < -0.4 is 10.6 Å². The quantitative estimate of drug-likeness (QED) is 0.740. The van der Waals surface area contributed by atoms with Crippen molar-refractivity contribution in [3.05, 3.63) is 53.5 Å². The van der Waals surface area contributed by atoms with Gasteiger partial charge in [-0.2, -0.15) is 0 Å². The minimum atomic E-state index is -1.31. The summed E-state index contributed by atoms with van der Waals surface area (Å²) in [6, 6.07) is 9.58. The van der Waals surface area contributed by atoms with Gasteiger partial charge in [-0.05, 0) is 45.0 Å². The van der Waals surface area contributed by atoms with Gasteiger partial charge in [0.05, 0.1) is 6.54 Å². The molecule has 1 unspecified atom stereocenters. The van der Waals surface area contributed by atoms with E-state index >= 15 is 0 Å². The molecular formula is C17H20N2O4. The number of furan rings is 1. The van der Waals surface area contributed by atoms with Crippen LogP contribution in [0.15, 0.2) is 40.8 Å². The number of carbonyl (C=O) groups excluding carboxylic acids is 2. The van der Waals surface area contributed by atoms with Gasteiger partial charge in [-0.1, -0.05) is 12.1 Å². The first-order chi connectivity index (χ1) is 10.8. The summed E-state index contributed by atoms with van der Waals surface area (Å²) >= 11 is 0. The highest BCUT2D eigenvalue weighted by atomic mass is 16.4. The van der Waals surface area contributed by atoms with Crippen molar-refractivity contribution in [3.8, 4) is 0 Å². The third kappa shape index (κ3) is 4.43. The van der Waals surface area contributed by atoms with E-state index in [-0.39, 0.29) is 12.3 Å². The number of ketones is 1. The molecule has 1 heterocycles. The molecule has 2 rings (SSSR count). The second-order valence-corrected chi connectivity index (χ2v) is 5.63. The van der Waals surface area contributed by atoms with Crippen LogP contribution in [-0.4, -0.2) is 23.5 Å². The summed E-state index contributed by atoms with van der Waals surface area (Å²) in [6.45, 7) is 4.78. The molecule has 2 aromatic rings. The highest BCUT2D eigenvalue weighted by Gasteiger charge is 2.27. The van der Waals surface area contributed by atoms with Crippen LogP contribution in [0.3, 0.4) is 0 Å². The van der Waals surface area contributed by atoms with E-state index in [2.05, 4.69) is 10.6 Å². The largest absolute Gasteiger partial charge is 0.463 e. The number of carbonyl (C=O) groups is 2. The fourth-order valence-electron chi connectivity index (χ4n) is 2.05. The standard InChI is InChI=1S/C17H20N2O4/c1-11-7-8-15(23-11)17(3,22)10-18-16(21)19-14-6-4-5-13(9-14)12(2)20/h4-9,22H,10H2,1-3H3,(H2,18,19,21). The zero-order valence-electron chi connectivity index (χ0n) is 13.3. The van der Waals surface area contributed by atoms with Crippen LogP contribution in [-0.2, 0) is 5.60 Å². The fraction of sp³-hybridized carbons (Fsp3) is 0.294. The highest BCUT2D eigenvalue weighted by Crippen LogP contribution is 2.22. The molecule has 23 heavy (non-hydrogen) atoms. The maximum atomic E-state index is 11.9. The van der Waals surface area contributed by atoms with Gasteiger partial charge >= 0.3 is 6.03 Å². The molecule has 6 heteroatoms. The van der Waals surface area contributed by atoms with Crippen molar-refractivity contribution in [2.75, 3.05) is 11.9 Å². The van der Waals surface area contributed by atoms with Crippen LogP contribution in [0.25, 0.3) is 0 Å². The van der Waals surface area contributed by atoms with Gasteiger partial charge in [-0.25, -0.2) is 4.79 Å². The lowest BCUT2D eigenvalue weighted by atomic mass is 10.0. The molecule has 0 saturated heterocycles. The molecule has 0 spiro atoms. The van der Waals surface area contributed by atoms with Crippen LogP contribution in [0.5, 0.6) is 0 Å². The maximum absolute atomic E-state index is 11.9. The topological polar surface area (TPSA) is 91.6 Å². The Kier molecular flexibility index (Phi) is 4.86. The van der Waals surface area contributed by atoms with Gasteiger partial charge < -0.3 is 20.2 Å². The van der Waals surface area contributed by atoms with Gasteiger partial charge in [-0.3, -0.25) is 4.79 Å². The number of aliphatic hydroxyl groups is 1. The predicted molar refractivity (Wildman–Crippen MR) is 86.5 cm³/mol. The maximum Gasteiger partial charge on any atom is 0.319 e. The van der Waals surface area contributed by atoms with Crippen molar-refractivity contribution in [2.45, 2.75) is 26.4 Å². The zero-order chi connectivity index (χ0) is 17.0. The summed E-state index contributed by atoms with van der Waals surface area (Å²) in [5.41, 5.74) is -0.295. The summed E-state index contributed by atoms with van der Waals surface area (Å²) in [4.78, 5) is 23.3. The number of urea groups is 1. The third-order valence-electron chi connectivity index (χ3n) is 3.39. The molecule has 1 aromatic carbocycles. The molecule has 0 fully saturated rings.